The lowest BCUT2D eigenvalue weighted by molar-refractivity contribution is 0.601. The van der Waals surface area contributed by atoms with Gasteiger partial charge >= 0.3 is 0 Å². The molecule has 0 aliphatic rings. The molecule has 3 rings (SSSR count). The second-order valence-corrected chi connectivity index (χ2v) is 6.59. The fourth-order valence-electron chi connectivity index (χ4n) is 1.97. The van der Waals surface area contributed by atoms with E-state index in [0.29, 0.717) is 5.02 Å². The molecule has 4 nitrogen and oxygen atoms in total. The van der Waals surface area contributed by atoms with E-state index in [1.165, 1.54) is 12.3 Å². The maximum atomic E-state index is 12.3. The average Bonchev–Trinajstić information content (AvgIpc) is 2.49. The first kappa shape index (κ1) is 13.9. The van der Waals surface area contributed by atoms with Crippen LogP contribution in [0, 0.1) is 0 Å². The van der Waals surface area contributed by atoms with Crippen LogP contribution in [0.25, 0.3) is 10.8 Å². The van der Waals surface area contributed by atoms with Crippen molar-refractivity contribution in [1.29, 1.82) is 0 Å². The number of halogens is 1. The van der Waals surface area contributed by atoms with Crippen LogP contribution in [0.3, 0.4) is 0 Å². The van der Waals surface area contributed by atoms with Crippen molar-refractivity contribution in [3.63, 3.8) is 0 Å². The van der Waals surface area contributed by atoms with E-state index < -0.39 is 10.0 Å². The third-order valence-corrected chi connectivity index (χ3v) is 4.57. The number of hydrogen-bond acceptors (Lipinski definition) is 3. The molecule has 21 heavy (non-hydrogen) atoms. The average molecular weight is 319 g/mol. The van der Waals surface area contributed by atoms with Crippen molar-refractivity contribution in [3.05, 3.63) is 65.8 Å². The van der Waals surface area contributed by atoms with Crippen molar-refractivity contribution in [2.45, 2.75) is 4.90 Å². The Kier molecular flexibility index (Phi) is 3.53. The summed E-state index contributed by atoms with van der Waals surface area (Å²) in [4.78, 5) is 4.12. The molecule has 0 spiro atoms. The predicted octanol–water partition coefficient (Wildman–Crippen LogP) is 3.69. The largest absolute Gasteiger partial charge is 0.263 e. The Morgan fingerprint density at radius 3 is 2.43 bits per heavy atom. The highest BCUT2D eigenvalue weighted by atomic mass is 35.5. The van der Waals surface area contributed by atoms with Gasteiger partial charge in [0.1, 0.15) is 5.82 Å². The maximum Gasteiger partial charge on any atom is 0.263 e. The quantitative estimate of drug-likeness (QED) is 0.801. The number of fused-ring (bicyclic) bond motifs is 1. The van der Waals surface area contributed by atoms with Gasteiger partial charge in [-0.2, -0.15) is 0 Å². The molecule has 0 amide bonds. The van der Waals surface area contributed by atoms with Crippen LogP contribution < -0.4 is 4.72 Å². The standard InChI is InChI=1S/C15H11ClN2O2S/c16-13-6-8-15(17-10-13)18-21(19,20)14-7-5-11-3-1-2-4-12(11)9-14/h1-10H,(H,17,18). The molecule has 1 heterocycles. The number of sulfonamides is 1. The SMILES string of the molecule is O=S(=O)(Nc1ccc(Cl)cn1)c1ccc2ccccc2c1. The molecule has 2 aromatic carbocycles. The van der Waals surface area contributed by atoms with Crippen molar-refractivity contribution in [1.82, 2.24) is 4.98 Å². The molecule has 0 atom stereocenters. The summed E-state index contributed by atoms with van der Waals surface area (Å²) in [5.41, 5.74) is 0. The number of anilines is 1. The van der Waals surface area contributed by atoms with Gasteiger partial charge in [0.05, 0.1) is 9.92 Å². The number of nitrogens with one attached hydrogen (secondary N) is 1. The van der Waals surface area contributed by atoms with Gasteiger partial charge in [0.15, 0.2) is 0 Å². The van der Waals surface area contributed by atoms with Crippen molar-refractivity contribution in [2.75, 3.05) is 4.72 Å². The van der Waals surface area contributed by atoms with E-state index in [4.69, 9.17) is 11.6 Å². The van der Waals surface area contributed by atoms with Crippen LogP contribution >= 0.6 is 11.6 Å². The second-order valence-electron chi connectivity index (χ2n) is 4.48. The molecule has 0 saturated carbocycles. The van der Waals surface area contributed by atoms with Crippen LogP contribution in [0.4, 0.5) is 5.82 Å². The summed E-state index contributed by atoms with van der Waals surface area (Å²) >= 11 is 5.73. The monoisotopic (exact) mass is 318 g/mol. The highest BCUT2D eigenvalue weighted by molar-refractivity contribution is 7.92. The van der Waals surface area contributed by atoms with Crippen LogP contribution in [0.1, 0.15) is 0 Å². The van der Waals surface area contributed by atoms with Crippen molar-refractivity contribution in [2.24, 2.45) is 0 Å². The summed E-state index contributed by atoms with van der Waals surface area (Å²) in [5, 5.41) is 2.30. The molecular formula is C15H11ClN2O2S. The Bertz CT molecular complexity index is 893. The van der Waals surface area contributed by atoms with Gasteiger partial charge in [-0.15, -0.1) is 0 Å². The first-order valence-electron chi connectivity index (χ1n) is 6.18. The van der Waals surface area contributed by atoms with Crippen molar-refractivity contribution >= 4 is 38.2 Å². The summed E-state index contributed by atoms with van der Waals surface area (Å²) < 4.78 is 27.1. The van der Waals surface area contributed by atoms with Crippen LogP contribution in [0.15, 0.2) is 65.7 Å². The summed E-state index contributed by atoms with van der Waals surface area (Å²) in [5.74, 6) is 0.229. The minimum absolute atomic E-state index is 0.193. The number of nitrogens with zero attached hydrogens (tertiary/aromatic N) is 1. The van der Waals surface area contributed by atoms with Gasteiger partial charge in [0.25, 0.3) is 10.0 Å². The van der Waals surface area contributed by atoms with E-state index in [-0.39, 0.29) is 10.7 Å². The Hall–Kier alpha value is -2.11. The minimum atomic E-state index is -3.67. The lowest BCUT2D eigenvalue weighted by atomic mass is 10.1. The molecule has 1 N–H and O–H groups in total. The lowest BCUT2D eigenvalue weighted by Crippen LogP contribution is -2.13. The summed E-state index contributed by atoms with van der Waals surface area (Å²) in [6.45, 7) is 0. The molecule has 0 aliphatic carbocycles. The molecule has 1 aromatic heterocycles. The van der Waals surface area contributed by atoms with Gasteiger partial charge in [-0.25, -0.2) is 13.4 Å². The molecular weight excluding hydrogens is 308 g/mol. The molecule has 0 bridgehead atoms. The van der Waals surface area contributed by atoms with E-state index >= 15 is 0 Å². The van der Waals surface area contributed by atoms with E-state index in [1.807, 2.05) is 24.3 Å². The number of benzene rings is 2. The zero-order valence-electron chi connectivity index (χ0n) is 10.8. The molecule has 106 valence electrons. The van der Waals surface area contributed by atoms with E-state index in [0.717, 1.165) is 10.8 Å². The zero-order valence-corrected chi connectivity index (χ0v) is 12.4. The lowest BCUT2D eigenvalue weighted by Gasteiger charge is -2.08. The topological polar surface area (TPSA) is 59.1 Å². The van der Waals surface area contributed by atoms with Crippen molar-refractivity contribution in [3.8, 4) is 0 Å². The fraction of sp³-hybridized carbons (Fsp3) is 0. The Labute approximate surface area is 127 Å². The summed E-state index contributed by atoms with van der Waals surface area (Å²) in [6, 6.07) is 15.6. The van der Waals surface area contributed by atoms with Crippen LogP contribution in [-0.4, -0.2) is 13.4 Å². The molecule has 0 saturated heterocycles. The number of hydrogen-bond donors (Lipinski definition) is 1. The zero-order chi connectivity index (χ0) is 14.9. The molecule has 3 aromatic rings. The molecule has 0 unspecified atom stereocenters. The molecule has 6 heteroatoms. The van der Waals surface area contributed by atoms with Gasteiger partial charge in [-0.3, -0.25) is 4.72 Å². The normalized spacial score (nSPS) is 11.5. The molecule has 0 radical (unpaired) electrons. The van der Waals surface area contributed by atoms with Gasteiger partial charge < -0.3 is 0 Å². The van der Waals surface area contributed by atoms with E-state index in [2.05, 4.69) is 9.71 Å². The van der Waals surface area contributed by atoms with Crippen LogP contribution in [-0.2, 0) is 10.0 Å². The van der Waals surface area contributed by atoms with Gasteiger partial charge in [0.2, 0.25) is 0 Å². The molecule has 0 aliphatic heterocycles. The maximum absolute atomic E-state index is 12.3. The minimum Gasteiger partial charge on any atom is -0.263 e. The number of rotatable bonds is 3. The highest BCUT2D eigenvalue weighted by Gasteiger charge is 2.15. The predicted molar refractivity (Wildman–Crippen MR) is 84.0 cm³/mol. The smallest absolute Gasteiger partial charge is 0.263 e. The van der Waals surface area contributed by atoms with Gasteiger partial charge in [-0.1, -0.05) is 41.9 Å². The number of aromatic nitrogens is 1. The van der Waals surface area contributed by atoms with E-state index in [1.54, 1.807) is 24.3 Å². The van der Waals surface area contributed by atoms with Crippen molar-refractivity contribution < 1.29 is 8.42 Å². The third kappa shape index (κ3) is 2.99. The second kappa shape index (κ2) is 5.35. The van der Waals surface area contributed by atoms with Crippen LogP contribution in [0.2, 0.25) is 5.02 Å². The third-order valence-electron chi connectivity index (χ3n) is 3.00. The van der Waals surface area contributed by atoms with Gasteiger partial charge in [-0.05, 0) is 35.0 Å². The Morgan fingerprint density at radius 1 is 0.952 bits per heavy atom. The Morgan fingerprint density at radius 2 is 1.71 bits per heavy atom. The first-order chi connectivity index (χ1) is 10.0. The van der Waals surface area contributed by atoms with Crippen LogP contribution in [0.5, 0.6) is 0 Å². The van der Waals surface area contributed by atoms with Gasteiger partial charge in [0, 0.05) is 6.20 Å². The number of pyridine rings is 1. The highest BCUT2D eigenvalue weighted by Crippen LogP contribution is 2.21. The first-order valence-corrected chi connectivity index (χ1v) is 8.04. The fourth-order valence-corrected chi connectivity index (χ4v) is 3.12. The Balaban J connectivity index is 1.97. The summed E-state index contributed by atoms with van der Waals surface area (Å²) in [7, 11) is -3.67. The summed E-state index contributed by atoms with van der Waals surface area (Å²) in [6.07, 6.45) is 1.39. The van der Waals surface area contributed by atoms with E-state index in [9.17, 15) is 8.42 Å². The molecule has 0 fully saturated rings.